The summed E-state index contributed by atoms with van der Waals surface area (Å²) in [5.41, 5.74) is 2.14. The zero-order chi connectivity index (χ0) is 23.9. The van der Waals surface area contributed by atoms with E-state index in [1.165, 1.54) is 29.5 Å². The molecule has 34 heavy (non-hydrogen) atoms. The molecule has 0 unspecified atom stereocenters. The first-order chi connectivity index (χ1) is 16.5. The summed E-state index contributed by atoms with van der Waals surface area (Å²) in [6, 6.07) is 18.1. The van der Waals surface area contributed by atoms with Gasteiger partial charge in [-0.1, -0.05) is 30.3 Å². The van der Waals surface area contributed by atoms with Crippen molar-refractivity contribution in [2.24, 2.45) is 0 Å². The number of rotatable bonds is 9. The quantitative estimate of drug-likeness (QED) is 0.336. The Hall–Kier alpha value is -3.78. The Kier molecular flexibility index (Phi) is 7.49. The first kappa shape index (κ1) is 23.4. The molecule has 0 saturated carbocycles. The number of carbonyl (C=O) groups is 1. The van der Waals surface area contributed by atoms with Crippen LogP contribution in [0.4, 0.5) is 8.78 Å². The number of ether oxygens (including phenoxy) is 2. The summed E-state index contributed by atoms with van der Waals surface area (Å²) in [6.45, 7) is 0.532. The maximum absolute atomic E-state index is 14.7. The van der Waals surface area contributed by atoms with E-state index in [1.54, 1.807) is 36.8 Å². The molecule has 0 aliphatic rings. The molecule has 0 spiro atoms. The molecule has 4 aromatic rings. The fourth-order valence-electron chi connectivity index (χ4n) is 3.36. The Balaban J connectivity index is 1.35. The molecule has 1 aromatic heterocycles. The van der Waals surface area contributed by atoms with Crippen molar-refractivity contribution in [1.29, 1.82) is 0 Å². The monoisotopic (exact) mass is 480 g/mol. The molecule has 0 aliphatic heterocycles. The maximum atomic E-state index is 14.7. The van der Waals surface area contributed by atoms with Crippen LogP contribution in [0.1, 0.15) is 21.6 Å². The highest BCUT2D eigenvalue weighted by atomic mass is 32.1. The minimum atomic E-state index is -0.519. The lowest BCUT2D eigenvalue weighted by Gasteiger charge is -2.08. The van der Waals surface area contributed by atoms with Gasteiger partial charge in [0.25, 0.3) is 5.91 Å². The number of halogens is 2. The Morgan fingerprint density at radius 3 is 2.71 bits per heavy atom. The molecular weight excluding hydrogens is 458 g/mol. The largest absolute Gasteiger partial charge is 0.496 e. The van der Waals surface area contributed by atoms with Crippen LogP contribution in [-0.2, 0) is 13.0 Å². The van der Waals surface area contributed by atoms with Crippen LogP contribution in [-0.4, -0.2) is 24.5 Å². The number of thiazole rings is 1. The average molecular weight is 481 g/mol. The van der Waals surface area contributed by atoms with Gasteiger partial charge in [0.05, 0.1) is 7.11 Å². The van der Waals surface area contributed by atoms with Crippen molar-refractivity contribution in [2.75, 3.05) is 13.7 Å². The second-order valence-electron chi connectivity index (χ2n) is 7.42. The molecule has 1 heterocycles. The molecule has 3 aromatic carbocycles. The van der Waals surface area contributed by atoms with Crippen LogP contribution in [0, 0.1) is 11.6 Å². The molecule has 0 fully saturated rings. The molecule has 4 rings (SSSR count). The number of carbonyl (C=O) groups excluding carboxylic acids is 1. The first-order valence-electron chi connectivity index (χ1n) is 10.6. The van der Waals surface area contributed by atoms with Gasteiger partial charge in [0.15, 0.2) is 0 Å². The Bertz CT molecular complexity index is 1290. The van der Waals surface area contributed by atoms with Gasteiger partial charge in [-0.15, -0.1) is 11.3 Å². The summed E-state index contributed by atoms with van der Waals surface area (Å²) < 4.78 is 38.9. The predicted molar refractivity (Wildman–Crippen MR) is 127 cm³/mol. The number of methoxy groups -OCH3 is 1. The molecular formula is C26H22F2N2O3S. The Morgan fingerprint density at radius 2 is 1.91 bits per heavy atom. The van der Waals surface area contributed by atoms with Gasteiger partial charge in [-0.05, 0) is 47.9 Å². The van der Waals surface area contributed by atoms with Crippen LogP contribution in [0.2, 0.25) is 0 Å². The van der Waals surface area contributed by atoms with E-state index in [2.05, 4.69) is 10.3 Å². The number of amides is 1. The van der Waals surface area contributed by atoms with E-state index < -0.39 is 5.82 Å². The first-order valence-corrected chi connectivity index (χ1v) is 11.4. The van der Waals surface area contributed by atoms with E-state index in [-0.39, 0.29) is 29.6 Å². The predicted octanol–water partition coefficient (Wildman–Crippen LogP) is 5.65. The smallest absolute Gasteiger partial charge is 0.270 e. The van der Waals surface area contributed by atoms with Gasteiger partial charge in [-0.3, -0.25) is 4.79 Å². The standard InChI is InChI=1S/C26H22F2N2O3S/c1-32-24-8-3-2-6-18(24)11-12-29-25(31)23-16-34-26(30-23)21-10-9-20(14-22(21)28)33-15-17-5-4-7-19(27)13-17/h2-10,13-14,16H,11-12,15H2,1H3,(H,29,31). The van der Waals surface area contributed by atoms with Crippen LogP contribution in [0.25, 0.3) is 10.6 Å². The van der Waals surface area contributed by atoms with Crippen LogP contribution in [0.3, 0.4) is 0 Å². The van der Waals surface area contributed by atoms with E-state index in [9.17, 15) is 13.6 Å². The maximum Gasteiger partial charge on any atom is 0.270 e. The van der Waals surface area contributed by atoms with E-state index in [4.69, 9.17) is 9.47 Å². The normalized spacial score (nSPS) is 10.7. The summed E-state index contributed by atoms with van der Waals surface area (Å²) in [5.74, 6) is -0.115. The van der Waals surface area contributed by atoms with Crippen LogP contribution >= 0.6 is 11.3 Å². The van der Waals surface area contributed by atoms with Crippen molar-refractivity contribution in [3.63, 3.8) is 0 Å². The molecule has 0 bridgehead atoms. The molecule has 1 N–H and O–H groups in total. The zero-order valence-corrected chi connectivity index (χ0v) is 19.2. The number of nitrogens with zero attached hydrogens (tertiary/aromatic N) is 1. The summed E-state index contributed by atoms with van der Waals surface area (Å²) in [4.78, 5) is 16.8. The number of benzene rings is 3. The molecule has 8 heteroatoms. The lowest BCUT2D eigenvalue weighted by Crippen LogP contribution is -2.26. The topological polar surface area (TPSA) is 60.5 Å². The summed E-state index contributed by atoms with van der Waals surface area (Å²) in [6.07, 6.45) is 0.610. The Morgan fingerprint density at radius 1 is 1.06 bits per heavy atom. The number of hydrogen-bond acceptors (Lipinski definition) is 5. The molecule has 174 valence electrons. The van der Waals surface area contributed by atoms with Crippen molar-refractivity contribution < 1.29 is 23.0 Å². The summed E-state index contributed by atoms with van der Waals surface area (Å²) in [7, 11) is 1.61. The van der Waals surface area contributed by atoms with Crippen LogP contribution < -0.4 is 14.8 Å². The molecule has 1 amide bonds. The fourth-order valence-corrected chi connectivity index (χ4v) is 4.19. The lowest BCUT2D eigenvalue weighted by molar-refractivity contribution is 0.0950. The number of hydrogen-bond donors (Lipinski definition) is 1. The van der Waals surface area contributed by atoms with E-state index in [0.717, 1.165) is 11.3 Å². The van der Waals surface area contributed by atoms with Crippen molar-refractivity contribution in [2.45, 2.75) is 13.0 Å². The minimum absolute atomic E-state index is 0.118. The van der Waals surface area contributed by atoms with Gasteiger partial charge in [0.1, 0.15) is 40.4 Å². The lowest BCUT2D eigenvalue weighted by atomic mass is 10.1. The third-order valence-electron chi connectivity index (χ3n) is 5.07. The Labute approximate surface area is 200 Å². The fraction of sp³-hybridized carbons (Fsp3) is 0.154. The SMILES string of the molecule is COc1ccccc1CCNC(=O)c1csc(-c2ccc(OCc3cccc(F)c3)cc2F)n1. The molecule has 5 nitrogen and oxygen atoms in total. The number of para-hydroxylation sites is 1. The highest BCUT2D eigenvalue weighted by Crippen LogP contribution is 2.29. The van der Waals surface area contributed by atoms with Gasteiger partial charge in [-0.2, -0.15) is 0 Å². The van der Waals surface area contributed by atoms with E-state index >= 15 is 0 Å². The number of aromatic nitrogens is 1. The highest BCUT2D eigenvalue weighted by molar-refractivity contribution is 7.13. The zero-order valence-electron chi connectivity index (χ0n) is 18.4. The van der Waals surface area contributed by atoms with E-state index in [0.29, 0.717) is 29.3 Å². The molecule has 0 radical (unpaired) electrons. The average Bonchev–Trinajstić information content (AvgIpc) is 3.33. The van der Waals surface area contributed by atoms with Crippen molar-refractivity contribution in [3.8, 4) is 22.1 Å². The number of nitrogens with one attached hydrogen (secondary N) is 1. The molecule has 0 saturated heterocycles. The van der Waals surface area contributed by atoms with E-state index in [1.807, 2.05) is 24.3 Å². The molecule has 0 atom stereocenters. The van der Waals surface area contributed by atoms with Crippen LogP contribution in [0.15, 0.2) is 72.1 Å². The van der Waals surface area contributed by atoms with Crippen molar-refractivity contribution in [1.82, 2.24) is 10.3 Å². The minimum Gasteiger partial charge on any atom is -0.496 e. The summed E-state index contributed by atoms with van der Waals surface area (Å²) >= 11 is 1.18. The van der Waals surface area contributed by atoms with Crippen LogP contribution in [0.5, 0.6) is 11.5 Å². The second kappa shape index (κ2) is 10.9. The van der Waals surface area contributed by atoms with Gasteiger partial charge >= 0.3 is 0 Å². The second-order valence-corrected chi connectivity index (χ2v) is 8.27. The van der Waals surface area contributed by atoms with Crippen molar-refractivity contribution in [3.05, 3.63) is 101 Å². The van der Waals surface area contributed by atoms with Gasteiger partial charge in [0, 0.05) is 23.6 Å². The summed E-state index contributed by atoms with van der Waals surface area (Å²) in [5, 5.41) is 4.82. The van der Waals surface area contributed by atoms with Gasteiger partial charge < -0.3 is 14.8 Å². The third-order valence-corrected chi connectivity index (χ3v) is 5.95. The van der Waals surface area contributed by atoms with Gasteiger partial charge in [0.2, 0.25) is 0 Å². The van der Waals surface area contributed by atoms with Gasteiger partial charge in [-0.25, -0.2) is 13.8 Å². The van der Waals surface area contributed by atoms with Crippen molar-refractivity contribution >= 4 is 17.2 Å². The molecule has 0 aliphatic carbocycles. The third kappa shape index (κ3) is 5.77. The highest BCUT2D eigenvalue weighted by Gasteiger charge is 2.15.